The van der Waals surface area contributed by atoms with E-state index >= 15 is 0 Å². The van der Waals surface area contributed by atoms with Gasteiger partial charge < -0.3 is 19.3 Å². The average Bonchev–Trinajstić information content (AvgIpc) is 2.91. The van der Waals surface area contributed by atoms with Crippen LogP contribution in [0.15, 0.2) is 65.6 Å². The van der Waals surface area contributed by atoms with E-state index in [1.54, 1.807) is 12.1 Å². The summed E-state index contributed by atoms with van der Waals surface area (Å²) in [4.78, 5) is 23.4. The van der Waals surface area contributed by atoms with Gasteiger partial charge in [-0.1, -0.05) is 41.5 Å². The third-order valence-electron chi connectivity index (χ3n) is 6.42. The van der Waals surface area contributed by atoms with E-state index in [0.717, 1.165) is 46.7 Å². The van der Waals surface area contributed by atoms with E-state index in [9.17, 15) is 18.0 Å². The summed E-state index contributed by atoms with van der Waals surface area (Å²) in [6, 6.07) is 14.9. The molecular weight excluding hydrogens is 558 g/mol. The SMILES string of the molecule is CCOCOc1c(C(C)(C)C)cc(COc2ccc(C(=O)NS(=O)(=O)c3ccc(C(=O)O)cc3)cc2)cc1C(C)(C)C. The van der Waals surface area contributed by atoms with Crippen molar-refractivity contribution in [2.24, 2.45) is 0 Å². The fraction of sp³-hybridized carbons (Fsp3) is 0.375. The minimum Gasteiger partial charge on any atom is -0.489 e. The van der Waals surface area contributed by atoms with Crippen LogP contribution in [0.2, 0.25) is 0 Å². The van der Waals surface area contributed by atoms with E-state index in [0.29, 0.717) is 12.4 Å². The number of ether oxygens (including phenoxy) is 3. The van der Waals surface area contributed by atoms with Crippen molar-refractivity contribution in [2.45, 2.75) is 70.8 Å². The molecule has 0 heterocycles. The maximum Gasteiger partial charge on any atom is 0.335 e. The molecule has 226 valence electrons. The zero-order valence-corrected chi connectivity index (χ0v) is 25.9. The van der Waals surface area contributed by atoms with Crippen LogP contribution < -0.4 is 14.2 Å². The Balaban J connectivity index is 1.76. The van der Waals surface area contributed by atoms with Gasteiger partial charge in [0.05, 0.1) is 10.5 Å². The third-order valence-corrected chi connectivity index (χ3v) is 7.76. The summed E-state index contributed by atoms with van der Waals surface area (Å²) in [6.07, 6.45) is 0. The van der Waals surface area contributed by atoms with Crippen molar-refractivity contribution in [3.63, 3.8) is 0 Å². The quantitative estimate of drug-likeness (QED) is 0.202. The van der Waals surface area contributed by atoms with E-state index in [2.05, 4.69) is 53.7 Å². The van der Waals surface area contributed by atoms with Gasteiger partial charge in [0.2, 0.25) is 0 Å². The number of carbonyl (C=O) groups excluding carboxylic acids is 1. The number of sulfonamides is 1. The highest BCUT2D eigenvalue weighted by Crippen LogP contribution is 2.41. The monoisotopic (exact) mass is 597 g/mol. The van der Waals surface area contributed by atoms with E-state index in [-0.39, 0.29) is 40.3 Å². The topological polar surface area (TPSA) is 128 Å². The van der Waals surface area contributed by atoms with Crippen LogP contribution >= 0.6 is 0 Å². The van der Waals surface area contributed by atoms with Crippen LogP contribution in [0.4, 0.5) is 0 Å². The second kappa shape index (κ2) is 13.0. The fourth-order valence-electron chi connectivity index (χ4n) is 4.11. The largest absolute Gasteiger partial charge is 0.489 e. The summed E-state index contributed by atoms with van der Waals surface area (Å²) in [5, 5.41) is 8.99. The van der Waals surface area contributed by atoms with Crippen LogP contribution in [-0.4, -0.2) is 38.8 Å². The third kappa shape index (κ3) is 8.33. The normalized spacial score (nSPS) is 12.1. The summed E-state index contributed by atoms with van der Waals surface area (Å²) >= 11 is 0. The highest BCUT2D eigenvalue weighted by molar-refractivity contribution is 7.90. The lowest BCUT2D eigenvalue weighted by Crippen LogP contribution is -2.30. The Morgan fingerprint density at radius 3 is 1.81 bits per heavy atom. The first-order valence-corrected chi connectivity index (χ1v) is 15.0. The van der Waals surface area contributed by atoms with Crippen LogP contribution in [0.3, 0.4) is 0 Å². The number of carboxylic acid groups (broad SMARTS) is 1. The van der Waals surface area contributed by atoms with Crippen molar-refractivity contribution in [1.29, 1.82) is 0 Å². The molecule has 0 bridgehead atoms. The lowest BCUT2D eigenvalue weighted by Gasteiger charge is -2.30. The number of carboxylic acids is 1. The molecular formula is C32H39NO8S. The van der Waals surface area contributed by atoms with E-state index < -0.39 is 21.9 Å². The van der Waals surface area contributed by atoms with Crippen LogP contribution in [0, 0.1) is 0 Å². The van der Waals surface area contributed by atoms with E-state index in [4.69, 9.17) is 19.3 Å². The van der Waals surface area contributed by atoms with Crippen molar-refractivity contribution >= 4 is 21.9 Å². The van der Waals surface area contributed by atoms with Gasteiger partial charge in [0.25, 0.3) is 15.9 Å². The number of nitrogens with one attached hydrogen (secondary N) is 1. The number of carbonyl (C=O) groups is 2. The maximum atomic E-state index is 12.6. The maximum absolute atomic E-state index is 12.6. The Kier molecular flexibility index (Phi) is 10.1. The zero-order valence-electron chi connectivity index (χ0n) is 25.1. The van der Waals surface area contributed by atoms with Gasteiger partial charge in [-0.3, -0.25) is 4.79 Å². The molecule has 2 N–H and O–H groups in total. The smallest absolute Gasteiger partial charge is 0.335 e. The van der Waals surface area contributed by atoms with E-state index in [1.807, 2.05) is 11.6 Å². The number of hydrogen-bond acceptors (Lipinski definition) is 7. The Hall–Kier alpha value is -3.89. The molecule has 3 aromatic carbocycles. The van der Waals surface area contributed by atoms with Gasteiger partial charge in [0, 0.05) is 23.3 Å². The summed E-state index contributed by atoms with van der Waals surface area (Å²) in [5.74, 6) is -0.686. The lowest BCUT2D eigenvalue weighted by atomic mass is 9.78. The summed E-state index contributed by atoms with van der Waals surface area (Å²) < 4.78 is 44.8. The molecule has 0 atom stereocenters. The highest BCUT2D eigenvalue weighted by Gasteiger charge is 2.28. The molecule has 0 unspecified atom stereocenters. The van der Waals surface area contributed by atoms with Gasteiger partial charge in [0.1, 0.15) is 18.1 Å². The zero-order chi connectivity index (χ0) is 31.3. The average molecular weight is 598 g/mol. The van der Waals surface area contributed by atoms with Crippen molar-refractivity contribution in [1.82, 2.24) is 4.72 Å². The molecule has 9 nitrogen and oxygen atoms in total. The predicted octanol–water partition coefficient (Wildman–Crippen LogP) is 6.05. The second-order valence-electron chi connectivity index (χ2n) is 11.9. The summed E-state index contributed by atoms with van der Waals surface area (Å²) in [7, 11) is -4.19. The van der Waals surface area contributed by atoms with Gasteiger partial charge >= 0.3 is 5.97 Å². The minimum atomic E-state index is -4.19. The molecule has 3 rings (SSSR count). The van der Waals surface area contributed by atoms with Crippen molar-refractivity contribution < 1.29 is 37.3 Å². The molecule has 0 spiro atoms. The minimum absolute atomic E-state index is 0.0639. The van der Waals surface area contributed by atoms with Gasteiger partial charge in [-0.2, -0.15) is 0 Å². The Morgan fingerprint density at radius 2 is 1.33 bits per heavy atom. The van der Waals surface area contributed by atoms with Crippen LogP contribution in [0.1, 0.15) is 85.9 Å². The lowest BCUT2D eigenvalue weighted by molar-refractivity contribution is 0.0202. The number of rotatable bonds is 11. The predicted molar refractivity (Wildman–Crippen MR) is 160 cm³/mol. The molecule has 0 radical (unpaired) electrons. The Bertz CT molecular complexity index is 1480. The standard InChI is InChI=1S/C32H39NO8S/c1-8-39-20-41-28-26(31(2,3)4)17-21(18-27(28)32(5,6)7)19-40-24-13-9-22(10-14-24)29(34)33-42(37,38)25-15-11-23(12-16-25)30(35)36/h9-18H,8,19-20H2,1-7H3,(H,33,34)(H,35,36). The Labute approximate surface area is 247 Å². The molecule has 1 amide bonds. The summed E-state index contributed by atoms with van der Waals surface area (Å²) in [6.45, 7) is 15.7. The molecule has 0 aliphatic rings. The van der Waals surface area contributed by atoms with Gasteiger partial charge in [-0.25, -0.2) is 17.9 Å². The van der Waals surface area contributed by atoms with Crippen molar-refractivity contribution in [3.8, 4) is 11.5 Å². The summed E-state index contributed by atoms with van der Waals surface area (Å²) in [5.41, 5.74) is 2.68. The molecule has 0 fully saturated rings. The number of benzene rings is 3. The second-order valence-corrected chi connectivity index (χ2v) is 13.5. The highest BCUT2D eigenvalue weighted by atomic mass is 32.2. The molecule has 42 heavy (non-hydrogen) atoms. The molecule has 0 aliphatic carbocycles. The first kappa shape index (κ1) is 32.6. The molecule has 10 heteroatoms. The fourth-order valence-corrected chi connectivity index (χ4v) is 5.09. The van der Waals surface area contributed by atoms with Gasteiger partial charge in [-0.05, 0) is 84.0 Å². The Morgan fingerprint density at radius 1 is 0.810 bits per heavy atom. The number of hydrogen-bond donors (Lipinski definition) is 2. The molecule has 0 aliphatic heterocycles. The number of aromatic carboxylic acids is 1. The van der Waals surface area contributed by atoms with Crippen molar-refractivity contribution in [3.05, 3.63) is 88.5 Å². The van der Waals surface area contributed by atoms with Gasteiger partial charge in [-0.15, -0.1) is 0 Å². The van der Waals surface area contributed by atoms with Crippen LogP contribution in [0.25, 0.3) is 0 Å². The van der Waals surface area contributed by atoms with Crippen molar-refractivity contribution in [2.75, 3.05) is 13.4 Å². The molecule has 0 saturated heterocycles. The molecule has 0 aromatic heterocycles. The van der Waals surface area contributed by atoms with Crippen LogP contribution in [0.5, 0.6) is 11.5 Å². The first-order valence-electron chi connectivity index (χ1n) is 13.5. The first-order chi connectivity index (χ1) is 19.5. The van der Waals surface area contributed by atoms with E-state index in [1.165, 1.54) is 12.1 Å². The van der Waals surface area contributed by atoms with Gasteiger partial charge in [0.15, 0.2) is 6.79 Å². The molecule has 3 aromatic rings. The molecule has 0 saturated carbocycles. The number of amides is 1. The van der Waals surface area contributed by atoms with Crippen LogP contribution in [-0.2, 0) is 32.2 Å².